The van der Waals surface area contributed by atoms with E-state index in [2.05, 4.69) is 44.3 Å². The van der Waals surface area contributed by atoms with Crippen LogP contribution in [-0.2, 0) is 6.42 Å². The van der Waals surface area contributed by atoms with Crippen molar-refractivity contribution in [2.45, 2.75) is 97.3 Å². The first-order chi connectivity index (χ1) is 13.7. The minimum atomic E-state index is 0.838. The van der Waals surface area contributed by atoms with Gasteiger partial charge in [-0.25, -0.2) is 0 Å². The molecule has 1 heteroatoms. The lowest BCUT2D eigenvalue weighted by atomic mass is 9.62. The van der Waals surface area contributed by atoms with Crippen LogP contribution in [0.15, 0.2) is 18.2 Å². The fourth-order valence-corrected chi connectivity index (χ4v) is 7.14. The largest absolute Gasteiger partial charge is 0.385 e. The van der Waals surface area contributed by atoms with E-state index >= 15 is 0 Å². The molecule has 0 aromatic heterocycles. The van der Waals surface area contributed by atoms with Crippen molar-refractivity contribution in [1.82, 2.24) is 0 Å². The van der Waals surface area contributed by atoms with Crippen LogP contribution in [-0.4, -0.2) is 6.54 Å². The first kappa shape index (κ1) is 20.3. The number of benzene rings is 1. The summed E-state index contributed by atoms with van der Waals surface area (Å²) in [6, 6.07) is 7.65. The molecule has 3 aliphatic carbocycles. The molecule has 3 saturated carbocycles. The molecule has 0 saturated heterocycles. The summed E-state index contributed by atoms with van der Waals surface area (Å²) in [6.45, 7) is 8.24. The zero-order chi connectivity index (χ0) is 19.5. The molecule has 156 valence electrons. The minimum absolute atomic E-state index is 0.838. The van der Waals surface area contributed by atoms with Gasteiger partial charge in [-0.3, -0.25) is 0 Å². The molecular formula is C27H43N. The maximum absolute atomic E-state index is 3.77. The maximum Gasteiger partial charge on any atom is 0.0345 e. The molecule has 3 fully saturated rings. The van der Waals surface area contributed by atoms with Crippen LogP contribution in [0.25, 0.3) is 0 Å². The van der Waals surface area contributed by atoms with Gasteiger partial charge < -0.3 is 5.32 Å². The molecule has 1 aromatic carbocycles. The molecule has 0 spiro atoms. The van der Waals surface area contributed by atoms with E-state index in [-0.39, 0.29) is 0 Å². The third kappa shape index (κ3) is 4.29. The van der Waals surface area contributed by atoms with Crippen LogP contribution in [0.3, 0.4) is 0 Å². The van der Waals surface area contributed by atoms with Gasteiger partial charge in [0.2, 0.25) is 0 Å². The van der Waals surface area contributed by atoms with Crippen LogP contribution in [0.4, 0.5) is 5.69 Å². The van der Waals surface area contributed by atoms with Crippen molar-refractivity contribution in [2.24, 2.45) is 29.6 Å². The maximum atomic E-state index is 3.77. The van der Waals surface area contributed by atoms with Crippen molar-refractivity contribution in [3.05, 3.63) is 29.3 Å². The second kappa shape index (κ2) is 9.23. The number of rotatable bonds is 8. The molecule has 0 amide bonds. The van der Waals surface area contributed by atoms with E-state index in [4.69, 9.17) is 0 Å². The zero-order valence-electron chi connectivity index (χ0n) is 18.7. The van der Waals surface area contributed by atoms with Crippen LogP contribution in [0, 0.1) is 29.6 Å². The Hall–Kier alpha value is -0.980. The predicted octanol–water partition coefficient (Wildman–Crippen LogP) is 7.81. The molecule has 3 aliphatic rings. The number of nitrogens with one attached hydrogen (secondary N) is 1. The first-order valence-corrected chi connectivity index (χ1v) is 12.6. The molecule has 4 rings (SSSR count). The second-order valence-corrected chi connectivity index (χ2v) is 10.5. The van der Waals surface area contributed by atoms with E-state index in [1.807, 2.05) is 0 Å². The number of unbranched alkanes of at least 4 members (excludes halogenated alkanes) is 2. The highest BCUT2D eigenvalue weighted by Crippen LogP contribution is 2.60. The Kier molecular flexibility index (Phi) is 6.69. The molecular weight excluding hydrogens is 338 g/mol. The summed E-state index contributed by atoms with van der Waals surface area (Å²) in [5, 5.41) is 3.77. The van der Waals surface area contributed by atoms with E-state index in [1.165, 1.54) is 69.9 Å². The minimum Gasteiger partial charge on any atom is -0.385 e. The average Bonchev–Trinajstić information content (AvgIpc) is 3.29. The highest BCUT2D eigenvalue weighted by molar-refractivity contribution is 5.50. The van der Waals surface area contributed by atoms with Crippen LogP contribution in [0.5, 0.6) is 0 Å². The standard InChI is InChI=1S/C27H43N/c1-4-6-9-20-15-23(18-24(16-20)28-12-7-5-2)27-25-11-8-10-21(25)17-22-13-19(3)14-26(22)27/h15-16,18-19,21-22,25-28H,4-14,17H2,1-3H3. The lowest BCUT2D eigenvalue weighted by Crippen LogP contribution is -2.34. The monoisotopic (exact) mass is 381 g/mol. The van der Waals surface area contributed by atoms with Gasteiger partial charge in [0, 0.05) is 12.2 Å². The van der Waals surface area contributed by atoms with E-state index in [1.54, 1.807) is 17.5 Å². The molecule has 0 heterocycles. The van der Waals surface area contributed by atoms with Crippen LogP contribution < -0.4 is 5.32 Å². The van der Waals surface area contributed by atoms with E-state index in [0.717, 1.165) is 42.1 Å². The molecule has 6 atom stereocenters. The van der Waals surface area contributed by atoms with Crippen molar-refractivity contribution < 1.29 is 0 Å². The summed E-state index contributed by atoms with van der Waals surface area (Å²) in [6.07, 6.45) is 15.4. The van der Waals surface area contributed by atoms with Crippen molar-refractivity contribution in [3.8, 4) is 0 Å². The average molecular weight is 382 g/mol. The van der Waals surface area contributed by atoms with Gasteiger partial charge in [0.25, 0.3) is 0 Å². The molecule has 0 bridgehead atoms. The first-order valence-electron chi connectivity index (χ1n) is 12.6. The Morgan fingerprint density at radius 1 is 0.893 bits per heavy atom. The number of hydrogen-bond donors (Lipinski definition) is 1. The van der Waals surface area contributed by atoms with Crippen molar-refractivity contribution in [1.29, 1.82) is 0 Å². The molecule has 28 heavy (non-hydrogen) atoms. The number of fused-ring (bicyclic) bond motifs is 2. The van der Waals surface area contributed by atoms with Crippen molar-refractivity contribution >= 4 is 5.69 Å². The SMILES string of the molecule is CCCCNc1cc(CCCC)cc(C2C3CCCC3CC3CC(C)CC32)c1. The van der Waals surface area contributed by atoms with Gasteiger partial charge in [0.05, 0.1) is 0 Å². The highest BCUT2D eigenvalue weighted by atomic mass is 14.9. The van der Waals surface area contributed by atoms with E-state index in [9.17, 15) is 0 Å². The van der Waals surface area contributed by atoms with Crippen molar-refractivity contribution in [2.75, 3.05) is 11.9 Å². The fourth-order valence-electron chi connectivity index (χ4n) is 7.14. The van der Waals surface area contributed by atoms with E-state index < -0.39 is 0 Å². The third-order valence-electron chi connectivity index (χ3n) is 8.31. The van der Waals surface area contributed by atoms with Crippen LogP contribution in [0.1, 0.15) is 102 Å². The molecule has 6 unspecified atom stereocenters. The summed E-state index contributed by atoms with van der Waals surface area (Å²) in [5.41, 5.74) is 4.69. The van der Waals surface area contributed by atoms with Gasteiger partial charge in [-0.2, -0.15) is 0 Å². The number of aryl methyl sites for hydroxylation is 1. The molecule has 0 aliphatic heterocycles. The predicted molar refractivity (Wildman–Crippen MR) is 122 cm³/mol. The Morgan fingerprint density at radius 3 is 2.57 bits per heavy atom. The Balaban J connectivity index is 1.64. The Labute approximate surface area is 174 Å². The normalized spacial score (nSPS) is 34.2. The summed E-state index contributed by atoms with van der Waals surface area (Å²) in [4.78, 5) is 0. The lowest BCUT2D eigenvalue weighted by Gasteiger charge is -2.43. The smallest absolute Gasteiger partial charge is 0.0345 e. The zero-order valence-corrected chi connectivity index (χ0v) is 18.7. The van der Waals surface area contributed by atoms with Gasteiger partial charge in [0.15, 0.2) is 0 Å². The number of hydrogen-bond acceptors (Lipinski definition) is 1. The van der Waals surface area contributed by atoms with E-state index in [0.29, 0.717) is 0 Å². The summed E-state index contributed by atoms with van der Waals surface area (Å²) >= 11 is 0. The molecule has 0 radical (unpaired) electrons. The van der Waals surface area contributed by atoms with Gasteiger partial charge in [-0.15, -0.1) is 0 Å². The lowest BCUT2D eigenvalue weighted by molar-refractivity contribution is 0.122. The molecule has 1 nitrogen and oxygen atoms in total. The summed E-state index contributed by atoms with van der Waals surface area (Å²) < 4.78 is 0. The van der Waals surface area contributed by atoms with Crippen LogP contribution in [0.2, 0.25) is 0 Å². The van der Waals surface area contributed by atoms with Gasteiger partial charge in [-0.05, 0) is 104 Å². The molecule has 1 N–H and O–H groups in total. The van der Waals surface area contributed by atoms with Gasteiger partial charge in [0.1, 0.15) is 0 Å². The summed E-state index contributed by atoms with van der Waals surface area (Å²) in [5.74, 6) is 5.74. The quantitative estimate of drug-likeness (QED) is 0.453. The third-order valence-corrected chi connectivity index (χ3v) is 8.31. The molecule has 1 aromatic rings. The van der Waals surface area contributed by atoms with Crippen LogP contribution >= 0.6 is 0 Å². The number of anilines is 1. The Bertz CT molecular complexity index is 635. The topological polar surface area (TPSA) is 12.0 Å². The second-order valence-electron chi connectivity index (χ2n) is 10.5. The highest BCUT2D eigenvalue weighted by Gasteiger charge is 2.49. The fraction of sp³-hybridized carbons (Fsp3) is 0.778. The van der Waals surface area contributed by atoms with Gasteiger partial charge >= 0.3 is 0 Å². The van der Waals surface area contributed by atoms with Gasteiger partial charge in [-0.1, -0.05) is 52.5 Å². The Morgan fingerprint density at radius 2 is 1.75 bits per heavy atom. The summed E-state index contributed by atoms with van der Waals surface area (Å²) in [7, 11) is 0. The van der Waals surface area contributed by atoms with Crippen molar-refractivity contribution in [3.63, 3.8) is 0 Å².